The Bertz CT molecular complexity index is 532. The molecule has 1 unspecified atom stereocenters. The van der Waals surface area contributed by atoms with Crippen molar-refractivity contribution in [3.05, 3.63) is 30.6 Å². The highest BCUT2D eigenvalue weighted by atomic mass is 16.3. The number of rotatable bonds is 4. The fourth-order valence-corrected chi connectivity index (χ4v) is 2.41. The summed E-state index contributed by atoms with van der Waals surface area (Å²) in [4.78, 5) is 4.33. The van der Waals surface area contributed by atoms with Gasteiger partial charge in [-0.25, -0.2) is 4.98 Å². The van der Waals surface area contributed by atoms with Gasteiger partial charge in [0.25, 0.3) is 0 Å². The largest absolute Gasteiger partial charge is 0.386 e. The molecule has 0 amide bonds. The molecule has 90 valence electrons. The monoisotopic (exact) mass is 231 g/mol. The first-order valence-electron chi connectivity index (χ1n) is 6.05. The number of hydrogen-bond acceptors (Lipinski definition) is 3. The third-order valence-electron chi connectivity index (χ3n) is 3.66. The maximum absolute atomic E-state index is 10.5. The highest BCUT2D eigenvalue weighted by Gasteiger charge is 2.43. The predicted octanol–water partition coefficient (Wildman–Crippen LogP) is 1.14. The Morgan fingerprint density at radius 3 is 2.88 bits per heavy atom. The number of nitrogens with two attached hydrogens (primary N) is 1. The van der Waals surface area contributed by atoms with E-state index in [1.54, 1.807) is 6.33 Å². The maximum Gasteiger partial charge on any atom is 0.0975 e. The second-order valence-electron chi connectivity index (χ2n) is 4.94. The lowest BCUT2D eigenvalue weighted by molar-refractivity contribution is 0.0104. The summed E-state index contributed by atoms with van der Waals surface area (Å²) in [5, 5.41) is 10.5. The first kappa shape index (κ1) is 10.7. The van der Waals surface area contributed by atoms with E-state index in [4.69, 9.17) is 5.73 Å². The van der Waals surface area contributed by atoms with Gasteiger partial charge >= 0.3 is 0 Å². The van der Waals surface area contributed by atoms with Crippen molar-refractivity contribution in [1.82, 2.24) is 9.55 Å². The average Bonchev–Trinajstić information content (AvgIpc) is 3.14. The maximum atomic E-state index is 10.5. The van der Waals surface area contributed by atoms with Crippen LogP contribution in [0.4, 0.5) is 0 Å². The number of nitrogens with zero attached hydrogens (tertiary/aromatic N) is 2. The second kappa shape index (κ2) is 3.82. The molecule has 1 aliphatic rings. The molecule has 17 heavy (non-hydrogen) atoms. The van der Waals surface area contributed by atoms with Crippen molar-refractivity contribution in [2.24, 2.45) is 11.7 Å². The van der Waals surface area contributed by atoms with Crippen LogP contribution in [0.25, 0.3) is 11.0 Å². The van der Waals surface area contributed by atoms with E-state index in [1.807, 2.05) is 28.8 Å². The van der Waals surface area contributed by atoms with Gasteiger partial charge in [-0.05, 0) is 30.9 Å². The lowest BCUT2D eigenvalue weighted by Crippen LogP contribution is -2.43. The van der Waals surface area contributed by atoms with E-state index in [2.05, 4.69) is 4.98 Å². The Balaban J connectivity index is 1.94. The number of hydrogen-bond donors (Lipinski definition) is 2. The molecular weight excluding hydrogens is 214 g/mol. The standard InChI is InChI=1S/C13H17N3O/c14-7-13(17,10-5-6-10)8-16-9-15-11-3-1-2-4-12(11)16/h1-4,9-10,17H,5-8,14H2. The highest BCUT2D eigenvalue weighted by Crippen LogP contribution is 2.40. The lowest BCUT2D eigenvalue weighted by atomic mass is 9.98. The van der Waals surface area contributed by atoms with Crippen LogP contribution in [0.1, 0.15) is 12.8 Å². The van der Waals surface area contributed by atoms with Gasteiger partial charge in [0.1, 0.15) is 0 Å². The number of aromatic nitrogens is 2. The third-order valence-corrected chi connectivity index (χ3v) is 3.66. The minimum atomic E-state index is -0.774. The smallest absolute Gasteiger partial charge is 0.0975 e. The van der Waals surface area contributed by atoms with Crippen LogP contribution in [0.5, 0.6) is 0 Å². The summed E-state index contributed by atoms with van der Waals surface area (Å²) in [5.74, 6) is 0.355. The number of benzene rings is 1. The zero-order valence-electron chi connectivity index (χ0n) is 9.71. The van der Waals surface area contributed by atoms with Gasteiger partial charge in [-0.15, -0.1) is 0 Å². The first-order valence-corrected chi connectivity index (χ1v) is 6.05. The van der Waals surface area contributed by atoms with Crippen LogP contribution in [0.15, 0.2) is 30.6 Å². The molecule has 3 rings (SSSR count). The summed E-state index contributed by atoms with van der Waals surface area (Å²) < 4.78 is 2.00. The topological polar surface area (TPSA) is 64.1 Å². The molecule has 1 saturated carbocycles. The zero-order chi connectivity index (χ0) is 11.9. The molecule has 4 nitrogen and oxygen atoms in total. The van der Waals surface area contributed by atoms with Crippen LogP contribution >= 0.6 is 0 Å². The Morgan fingerprint density at radius 1 is 1.41 bits per heavy atom. The molecule has 1 aromatic carbocycles. The summed E-state index contributed by atoms with van der Waals surface area (Å²) in [7, 11) is 0. The fourth-order valence-electron chi connectivity index (χ4n) is 2.41. The van der Waals surface area contributed by atoms with Crippen molar-refractivity contribution < 1.29 is 5.11 Å². The normalized spacial score (nSPS) is 19.4. The van der Waals surface area contributed by atoms with Gasteiger partial charge in [-0.2, -0.15) is 0 Å². The van der Waals surface area contributed by atoms with E-state index >= 15 is 0 Å². The number of aliphatic hydroxyl groups is 1. The Hall–Kier alpha value is -1.39. The van der Waals surface area contributed by atoms with E-state index in [0.717, 1.165) is 23.9 Å². The van der Waals surface area contributed by atoms with Crippen molar-refractivity contribution in [2.75, 3.05) is 6.54 Å². The van der Waals surface area contributed by atoms with Gasteiger partial charge in [0.2, 0.25) is 0 Å². The number of para-hydroxylation sites is 2. The van der Waals surface area contributed by atoms with Gasteiger partial charge in [-0.3, -0.25) is 0 Å². The molecule has 0 saturated heterocycles. The number of imidazole rings is 1. The molecule has 3 N–H and O–H groups in total. The average molecular weight is 231 g/mol. The lowest BCUT2D eigenvalue weighted by Gasteiger charge is -2.27. The molecule has 1 aliphatic carbocycles. The van der Waals surface area contributed by atoms with Crippen molar-refractivity contribution >= 4 is 11.0 Å². The summed E-state index contributed by atoms with van der Waals surface area (Å²) >= 11 is 0. The summed E-state index contributed by atoms with van der Waals surface area (Å²) in [6, 6.07) is 7.95. The van der Waals surface area contributed by atoms with Gasteiger partial charge in [0.05, 0.1) is 29.5 Å². The minimum Gasteiger partial charge on any atom is -0.386 e. The molecule has 0 bridgehead atoms. The molecule has 4 heteroatoms. The van der Waals surface area contributed by atoms with Crippen LogP contribution in [0, 0.1) is 5.92 Å². The van der Waals surface area contributed by atoms with E-state index in [1.165, 1.54) is 0 Å². The van der Waals surface area contributed by atoms with Crippen LogP contribution in [0.3, 0.4) is 0 Å². The first-order chi connectivity index (χ1) is 8.23. The molecular formula is C13H17N3O. The molecule has 0 radical (unpaired) electrons. The zero-order valence-corrected chi connectivity index (χ0v) is 9.71. The van der Waals surface area contributed by atoms with Crippen molar-refractivity contribution in [3.8, 4) is 0 Å². The van der Waals surface area contributed by atoms with E-state index in [-0.39, 0.29) is 0 Å². The van der Waals surface area contributed by atoms with E-state index in [0.29, 0.717) is 19.0 Å². The highest BCUT2D eigenvalue weighted by molar-refractivity contribution is 5.74. The van der Waals surface area contributed by atoms with Crippen molar-refractivity contribution in [2.45, 2.75) is 25.0 Å². The summed E-state index contributed by atoms with van der Waals surface area (Å²) in [6.45, 7) is 0.846. The molecule has 0 spiro atoms. The molecule has 1 atom stereocenters. The van der Waals surface area contributed by atoms with Crippen LogP contribution < -0.4 is 5.73 Å². The molecule has 1 heterocycles. The van der Waals surface area contributed by atoms with Gasteiger partial charge in [0.15, 0.2) is 0 Å². The van der Waals surface area contributed by atoms with E-state index in [9.17, 15) is 5.11 Å². The Labute approximate surface area is 100 Å². The summed E-state index contributed by atoms with van der Waals surface area (Å²) in [6.07, 6.45) is 3.95. The quantitative estimate of drug-likeness (QED) is 0.829. The molecule has 0 aliphatic heterocycles. The second-order valence-corrected chi connectivity index (χ2v) is 4.94. The molecule has 2 aromatic rings. The van der Waals surface area contributed by atoms with Crippen LogP contribution in [-0.2, 0) is 6.54 Å². The SMILES string of the molecule is NCC(O)(Cn1cnc2ccccc21)C1CC1. The molecule has 1 fully saturated rings. The van der Waals surface area contributed by atoms with Gasteiger partial charge in [0, 0.05) is 6.54 Å². The van der Waals surface area contributed by atoms with Gasteiger partial charge < -0.3 is 15.4 Å². The van der Waals surface area contributed by atoms with Crippen LogP contribution in [0.2, 0.25) is 0 Å². The fraction of sp³-hybridized carbons (Fsp3) is 0.462. The Morgan fingerprint density at radius 2 is 2.18 bits per heavy atom. The third kappa shape index (κ3) is 1.83. The predicted molar refractivity (Wildman–Crippen MR) is 66.5 cm³/mol. The number of fused-ring (bicyclic) bond motifs is 1. The van der Waals surface area contributed by atoms with Crippen molar-refractivity contribution in [3.63, 3.8) is 0 Å². The van der Waals surface area contributed by atoms with Gasteiger partial charge in [-0.1, -0.05) is 12.1 Å². The van der Waals surface area contributed by atoms with Crippen LogP contribution in [-0.4, -0.2) is 26.8 Å². The Kier molecular flexibility index (Phi) is 2.42. The van der Waals surface area contributed by atoms with E-state index < -0.39 is 5.60 Å². The summed E-state index contributed by atoms with van der Waals surface area (Å²) in [5.41, 5.74) is 6.97. The molecule has 1 aromatic heterocycles. The minimum absolute atomic E-state index is 0.310. The van der Waals surface area contributed by atoms with Crippen molar-refractivity contribution in [1.29, 1.82) is 0 Å².